The maximum absolute atomic E-state index is 13.7. The lowest BCUT2D eigenvalue weighted by atomic mass is 9.72. The van der Waals surface area contributed by atoms with E-state index in [9.17, 15) is 9.18 Å². The Kier molecular flexibility index (Phi) is 5.13. The molecule has 3 aliphatic rings. The van der Waals surface area contributed by atoms with Crippen molar-refractivity contribution in [3.05, 3.63) is 88.4 Å². The number of fused-ring (bicyclic) bond motifs is 2. The number of allylic oxidation sites excluding steroid dienone is 2. The molecular weight excluding hydrogens is 449 g/mol. The molecule has 7 heteroatoms. The predicted molar refractivity (Wildman–Crippen MR) is 128 cm³/mol. The van der Waals surface area contributed by atoms with Crippen molar-refractivity contribution in [2.24, 2.45) is 0 Å². The zero-order chi connectivity index (χ0) is 24.1. The van der Waals surface area contributed by atoms with E-state index in [1.54, 1.807) is 26.4 Å². The first kappa shape index (κ1) is 21.5. The van der Waals surface area contributed by atoms with Crippen LogP contribution < -0.4 is 24.3 Å². The molecule has 35 heavy (non-hydrogen) atoms. The average Bonchev–Trinajstić information content (AvgIpc) is 3.33. The largest absolute Gasteiger partial charge is 0.493 e. The number of hydrogen-bond donors (Lipinski definition) is 1. The number of ether oxygens (including phenoxy) is 4. The third kappa shape index (κ3) is 3.58. The Balaban J connectivity index is 1.44. The summed E-state index contributed by atoms with van der Waals surface area (Å²) in [5, 5.41) is 3.51. The molecule has 3 aromatic rings. The van der Waals surface area contributed by atoms with Gasteiger partial charge in [0.2, 0.25) is 6.79 Å². The Morgan fingerprint density at radius 2 is 1.60 bits per heavy atom. The molecule has 0 saturated heterocycles. The lowest BCUT2D eigenvalue weighted by Gasteiger charge is -2.37. The van der Waals surface area contributed by atoms with E-state index in [0.29, 0.717) is 35.8 Å². The Bertz CT molecular complexity index is 1360. The monoisotopic (exact) mass is 473 g/mol. The van der Waals surface area contributed by atoms with Crippen molar-refractivity contribution in [1.29, 1.82) is 0 Å². The highest BCUT2D eigenvalue weighted by Crippen LogP contribution is 2.51. The molecule has 3 aromatic carbocycles. The lowest BCUT2D eigenvalue weighted by molar-refractivity contribution is -0.116. The molecule has 0 saturated carbocycles. The Morgan fingerprint density at radius 1 is 0.886 bits per heavy atom. The van der Waals surface area contributed by atoms with Crippen molar-refractivity contribution in [2.45, 2.75) is 24.7 Å². The van der Waals surface area contributed by atoms with E-state index in [4.69, 9.17) is 18.9 Å². The van der Waals surface area contributed by atoms with Gasteiger partial charge >= 0.3 is 0 Å². The van der Waals surface area contributed by atoms with Gasteiger partial charge in [0.15, 0.2) is 28.8 Å². The van der Waals surface area contributed by atoms with Crippen LogP contribution in [0.3, 0.4) is 0 Å². The van der Waals surface area contributed by atoms with Gasteiger partial charge in [0, 0.05) is 35.4 Å². The van der Waals surface area contributed by atoms with Gasteiger partial charge < -0.3 is 24.3 Å². The second-order valence-electron chi connectivity index (χ2n) is 8.94. The van der Waals surface area contributed by atoms with Gasteiger partial charge in [0.05, 0.1) is 14.2 Å². The first-order valence-corrected chi connectivity index (χ1v) is 11.5. The predicted octanol–water partition coefficient (Wildman–Crippen LogP) is 5.53. The zero-order valence-corrected chi connectivity index (χ0v) is 19.4. The van der Waals surface area contributed by atoms with Crippen LogP contribution in [0.25, 0.3) is 0 Å². The van der Waals surface area contributed by atoms with Crippen LogP contribution in [0.15, 0.2) is 65.9 Å². The van der Waals surface area contributed by atoms with Crippen molar-refractivity contribution in [3.63, 3.8) is 0 Å². The highest BCUT2D eigenvalue weighted by atomic mass is 19.1. The van der Waals surface area contributed by atoms with Gasteiger partial charge in [0.1, 0.15) is 5.82 Å². The second kappa shape index (κ2) is 8.34. The number of ketones is 1. The number of carbonyl (C=O) groups is 1. The third-order valence-corrected chi connectivity index (χ3v) is 7.02. The summed E-state index contributed by atoms with van der Waals surface area (Å²) in [6.45, 7) is 0.160. The molecule has 0 spiro atoms. The SMILES string of the molecule is COc1ccc([C@H]2CC(=O)C3=C(C2)Nc2cc4c(cc2[C@@H]3c2ccc(F)cc2)OCO4)cc1OC. The van der Waals surface area contributed by atoms with Gasteiger partial charge in [-0.2, -0.15) is 0 Å². The molecule has 2 aliphatic heterocycles. The minimum absolute atomic E-state index is 0.0158. The van der Waals surface area contributed by atoms with Crippen molar-refractivity contribution >= 4 is 11.5 Å². The van der Waals surface area contributed by atoms with Gasteiger partial charge in [0.25, 0.3) is 0 Å². The summed E-state index contributed by atoms with van der Waals surface area (Å²) >= 11 is 0. The summed E-state index contributed by atoms with van der Waals surface area (Å²) in [7, 11) is 3.20. The van der Waals surface area contributed by atoms with E-state index in [0.717, 1.165) is 33.6 Å². The van der Waals surface area contributed by atoms with Crippen molar-refractivity contribution in [2.75, 3.05) is 26.3 Å². The molecule has 6 nitrogen and oxygen atoms in total. The molecule has 0 fully saturated rings. The Labute approximate surface area is 202 Å². The lowest BCUT2D eigenvalue weighted by Crippen LogP contribution is -2.29. The Hall–Kier alpha value is -4.00. The summed E-state index contributed by atoms with van der Waals surface area (Å²) in [6, 6.07) is 16.0. The van der Waals surface area contributed by atoms with Crippen LogP contribution in [0.4, 0.5) is 10.1 Å². The number of anilines is 1. The standard InChI is InChI=1S/C28H24FNO5/c1-32-23-8-5-16(11-24(23)33-2)17-9-21-28(22(31)10-17)27(15-3-6-18(29)7-4-15)19-12-25-26(35-14-34-25)13-20(19)30-21/h3-8,11-13,17,27,30H,9-10,14H2,1-2H3/t17-,27+/m1/s1. The molecule has 1 N–H and O–H groups in total. The van der Waals surface area contributed by atoms with Crippen LogP contribution in [0.5, 0.6) is 23.0 Å². The number of hydrogen-bond acceptors (Lipinski definition) is 6. The van der Waals surface area contributed by atoms with Crippen LogP contribution in [0.2, 0.25) is 0 Å². The van der Waals surface area contributed by atoms with E-state index >= 15 is 0 Å². The van der Waals surface area contributed by atoms with Crippen LogP contribution in [0.1, 0.15) is 41.4 Å². The number of methoxy groups -OCH3 is 2. The number of halogens is 1. The van der Waals surface area contributed by atoms with Gasteiger partial charge in [-0.05, 0) is 59.4 Å². The fourth-order valence-corrected chi connectivity index (χ4v) is 5.35. The van der Waals surface area contributed by atoms with Crippen molar-refractivity contribution in [3.8, 4) is 23.0 Å². The molecule has 6 rings (SSSR count). The van der Waals surface area contributed by atoms with Gasteiger partial charge in [-0.25, -0.2) is 4.39 Å². The van der Waals surface area contributed by atoms with E-state index in [1.165, 1.54) is 12.1 Å². The van der Waals surface area contributed by atoms with Gasteiger partial charge in [-0.1, -0.05) is 18.2 Å². The minimum Gasteiger partial charge on any atom is -0.493 e. The zero-order valence-electron chi connectivity index (χ0n) is 19.4. The fraction of sp³-hybridized carbons (Fsp3) is 0.250. The molecular formula is C28H24FNO5. The highest BCUT2D eigenvalue weighted by Gasteiger charge is 2.39. The van der Waals surface area contributed by atoms with Gasteiger partial charge in [-0.3, -0.25) is 4.79 Å². The fourth-order valence-electron chi connectivity index (χ4n) is 5.35. The van der Waals surface area contributed by atoms with Crippen molar-refractivity contribution < 1.29 is 28.1 Å². The molecule has 178 valence electrons. The molecule has 0 amide bonds. The van der Waals surface area contributed by atoms with Crippen molar-refractivity contribution in [1.82, 2.24) is 0 Å². The average molecular weight is 474 g/mol. The minimum atomic E-state index is -0.324. The van der Waals surface area contributed by atoms with Gasteiger partial charge in [-0.15, -0.1) is 0 Å². The van der Waals surface area contributed by atoms with Crippen LogP contribution >= 0.6 is 0 Å². The van der Waals surface area contributed by atoms with E-state index in [2.05, 4.69) is 5.32 Å². The number of carbonyl (C=O) groups excluding carboxylic acids is 1. The summed E-state index contributed by atoms with van der Waals surface area (Å²) in [4.78, 5) is 13.7. The van der Waals surface area contributed by atoms with E-state index in [-0.39, 0.29) is 30.2 Å². The number of nitrogens with one attached hydrogen (secondary N) is 1. The van der Waals surface area contributed by atoms with E-state index in [1.807, 2.05) is 30.3 Å². The van der Waals surface area contributed by atoms with E-state index < -0.39 is 0 Å². The highest BCUT2D eigenvalue weighted by molar-refractivity contribution is 6.02. The molecule has 1 aliphatic carbocycles. The second-order valence-corrected chi connectivity index (χ2v) is 8.94. The normalized spacial score (nSPS) is 20.1. The third-order valence-electron chi connectivity index (χ3n) is 7.02. The quantitative estimate of drug-likeness (QED) is 0.538. The molecule has 2 atom stereocenters. The maximum Gasteiger partial charge on any atom is 0.231 e. The molecule has 0 radical (unpaired) electrons. The van der Waals surface area contributed by atoms with Crippen LogP contribution in [-0.4, -0.2) is 26.8 Å². The van der Waals surface area contributed by atoms with Crippen LogP contribution in [0, 0.1) is 5.82 Å². The molecule has 0 unspecified atom stereocenters. The molecule has 0 aromatic heterocycles. The Morgan fingerprint density at radius 3 is 2.34 bits per heavy atom. The molecule has 2 heterocycles. The molecule has 0 bridgehead atoms. The summed E-state index contributed by atoms with van der Waals surface area (Å²) in [5.41, 5.74) is 5.25. The number of benzene rings is 3. The summed E-state index contributed by atoms with van der Waals surface area (Å²) < 4.78 is 35.8. The first-order chi connectivity index (χ1) is 17.1. The smallest absolute Gasteiger partial charge is 0.231 e. The first-order valence-electron chi connectivity index (χ1n) is 11.5. The maximum atomic E-state index is 13.7. The number of Topliss-reactive ketones (excluding diaryl/α,β-unsaturated/α-hetero) is 1. The number of rotatable bonds is 4. The summed E-state index contributed by atoms with van der Waals surface area (Å²) in [5.74, 6) is 2.01. The summed E-state index contributed by atoms with van der Waals surface area (Å²) in [6.07, 6.45) is 1.02. The van der Waals surface area contributed by atoms with Crippen LogP contribution in [-0.2, 0) is 4.79 Å². The topological polar surface area (TPSA) is 66.0 Å².